The van der Waals surface area contributed by atoms with Crippen LogP contribution in [0.5, 0.6) is 11.5 Å². The fourth-order valence-corrected chi connectivity index (χ4v) is 2.26. The van der Waals surface area contributed by atoms with Gasteiger partial charge in [-0.2, -0.15) is 0 Å². The molecule has 0 aliphatic carbocycles. The van der Waals surface area contributed by atoms with E-state index in [2.05, 4.69) is 16.2 Å². The number of carbonyl (C=O) groups excluding carboxylic acids is 3. The average molecular weight is 380 g/mol. The van der Waals surface area contributed by atoms with Gasteiger partial charge in [0.15, 0.2) is 11.5 Å². The fraction of sp³-hybridized carbons (Fsp3) is 0.500. The number of nitrogens with one attached hydrogen (secondary N) is 3. The normalized spacial score (nSPS) is 12.4. The van der Waals surface area contributed by atoms with Crippen molar-refractivity contribution in [1.29, 1.82) is 0 Å². The van der Waals surface area contributed by atoms with Crippen molar-refractivity contribution < 1.29 is 23.9 Å². The van der Waals surface area contributed by atoms with Crippen LogP contribution in [0.2, 0.25) is 0 Å². The molecule has 150 valence electrons. The third kappa shape index (κ3) is 6.69. The predicted octanol–water partition coefficient (Wildman–Crippen LogP) is 1.33. The zero-order valence-corrected chi connectivity index (χ0v) is 16.1. The lowest BCUT2D eigenvalue weighted by molar-refractivity contribution is -0.124. The minimum atomic E-state index is -0.854. The van der Waals surface area contributed by atoms with Crippen LogP contribution in [-0.2, 0) is 4.79 Å². The highest BCUT2D eigenvalue weighted by atomic mass is 16.5. The van der Waals surface area contributed by atoms with Crippen molar-refractivity contribution in [2.75, 3.05) is 13.7 Å². The number of ether oxygens (including phenoxy) is 2. The zero-order chi connectivity index (χ0) is 20.4. The topological polar surface area (TPSA) is 132 Å². The summed E-state index contributed by atoms with van der Waals surface area (Å²) in [5.74, 6) is -0.320. The molecule has 0 aromatic heterocycles. The molecular formula is C18H28N4O5. The van der Waals surface area contributed by atoms with Crippen molar-refractivity contribution in [1.82, 2.24) is 16.2 Å². The molecule has 27 heavy (non-hydrogen) atoms. The first-order chi connectivity index (χ1) is 12.8. The molecule has 1 rings (SSSR count). The van der Waals surface area contributed by atoms with E-state index in [9.17, 15) is 14.4 Å². The van der Waals surface area contributed by atoms with Crippen LogP contribution < -0.4 is 31.4 Å². The standard InChI is InChI=1S/C18H28N4O5/c1-5-9-27-13-8-7-12(10-14(13)26-4)16(23)21-22-17(24)15(11(3)6-2)20-18(19)25/h7-8,10-11,15H,5-6,9H2,1-4H3,(H,21,23)(H,22,24)(H3,19,20,25)/t11-,15-/m0/s1. The van der Waals surface area contributed by atoms with Gasteiger partial charge in [-0.25, -0.2) is 4.79 Å². The predicted molar refractivity (Wildman–Crippen MR) is 100 cm³/mol. The Morgan fingerprint density at radius 3 is 2.41 bits per heavy atom. The van der Waals surface area contributed by atoms with E-state index in [1.165, 1.54) is 13.2 Å². The SMILES string of the molecule is CCCOc1ccc(C(=O)NNC(=O)[C@@H](NC(N)=O)[C@@H](C)CC)cc1OC. The molecule has 0 unspecified atom stereocenters. The summed E-state index contributed by atoms with van der Waals surface area (Å²) in [5.41, 5.74) is 10.0. The molecular weight excluding hydrogens is 352 g/mol. The van der Waals surface area contributed by atoms with Gasteiger partial charge < -0.3 is 20.5 Å². The molecule has 0 heterocycles. The molecule has 0 aliphatic heterocycles. The summed E-state index contributed by atoms with van der Waals surface area (Å²) in [5, 5.41) is 2.38. The Balaban J connectivity index is 2.77. The lowest BCUT2D eigenvalue weighted by Crippen LogP contribution is -2.55. The highest BCUT2D eigenvalue weighted by Crippen LogP contribution is 2.28. The molecule has 0 saturated carbocycles. The maximum atomic E-state index is 12.3. The second-order valence-electron chi connectivity index (χ2n) is 6.03. The van der Waals surface area contributed by atoms with Gasteiger partial charge in [-0.3, -0.25) is 20.4 Å². The molecule has 9 heteroatoms. The van der Waals surface area contributed by atoms with Crippen LogP contribution in [0.1, 0.15) is 44.0 Å². The first kappa shape index (κ1) is 22.1. The van der Waals surface area contributed by atoms with E-state index < -0.39 is 23.9 Å². The summed E-state index contributed by atoms with van der Waals surface area (Å²) in [7, 11) is 1.48. The van der Waals surface area contributed by atoms with E-state index in [0.717, 1.165) is 6.42 Å². The van der Waals surface area contributed by atoms with Crippen LogP contribution in [0.25, 0.3) is 0 Å². The maximum Gasteiger partial charge on any atom is 0.312 e. The van der Waals surface area contributed by atoms with Crippen LogP contribution in [-0.4, -0.2) is 37.6 Å². The number of amides is 4. The largest absolute Gasteiger partial charge is 0.493 e. The van der Waals surface area contributed by atoms with E-state index in [1.54, 1.807) is 19.1 Å². The van der Waals surface area contributed by atoms with Gasteiger partial charge in [0, 0.05) is 5.56 Å². The molecule has 0 fully saturated rings. The van der Waals surface area contributed by atoms with Crippen molar-refractivity contribution in [3.63, 3.8) is 0 Å². The Hall–Kier alpha value is -2.97. The first-order valence-corrected chi connectivity index (χ1v) is 8.80. The maximum absolute atomic E-state index is 12.3. The third-order valence-electron chi connectivity index (χ3n) is 3.98. The number of methoxy groups -OCH3 is 1. The van der Waals surface area contributed by atoms with Gasteiger partial charge in [-0.05, 0) is 30.5 Å². The third-order valence-corrected chi connectivity index (χ3v) is 3.98. The number of primary amides is 1. The number of hydrogen-bond acceptors (Lipinski definition) is 5. The van der Waals surface area contributed by atoms with Gasteiger partial charge in [0.1, 0.15) is 6.04 Å². The highest BCUT2D eigenvalue weighted by molar-refractivity contribution is 5.96. The summed E-state index contributed by atoms with van der Waals surface area (Å²) in [4.78, 5) is 35.7. The van der Waals surface area contributed by atoms with Crippen LogP contribution in [0, 0.1) is 5.92 Å². The van der Waals surface area contributed by atoms with Crippen LogP contribution >= 0.6 is 0 Å². The molecule has 0 saturated heterocycles. The van der Waals surface area contributed by atoms with Crippen LogP contribution in [0.4, 0.5) is 4.79 Å². The Morgan fingerprint density at radius 2 is 1.85 bits per heavy atom. The van der Waals surface area contributed by atoms with Gasteiger partial charge in [-0.15, -0.1) is 0 Å². The van der Waals surface area contributed by atoms with Crippen molar-refractivity contribution in [2.45, 2.75) is 39.7 Å². The molecule has 1 aromatic rings. The Kier molecular flexibility index (Phi) is 8.91. The molecule has 0 radical (unpaired) electrons. The Bertz CT molecular complexity index is 665. The molecule has 2 atom stereocenters. The summed E-state index contributed by atoms with van der Waals surface area (Å²) in [6.07, 6.45) is 1.48. The van der Waals surface area contributed by atoms with E-state index in [-0.39, 0.29) is 11.5 Å². The molecule has 1 aromatic carbocycles. The lowest BCUT2D eigenvalue weighted by atomic mass is 9.99. The second kappa shape index (κ2) is 10.9. The van der Waals surface area contributed by atoms with E-state index in [1.807, 2.05) is 13.8 Å². The van der Waals surface area contributed by atoms with Gasteiger partial charge >= 0.3 is 6.03 Å². The van der Waals surface area contributed by atoms with Gasteiger partial charge in [0.05, 0.1) is 13.7 Å². The molecule has 0 aliphatic rings. The number of rotatable bonds is 9. The number of hydrazine groups is 1. The molecule has 0 bridgehead atoms. The van der Waals surface area contributed by atoms with Crippen molar-refractivity contribution in [2.24, 2.45) is 11.7 Å². The minimum absolute atomic E-state index is 0.163. The summed E-state index contributed by atoms with van der Waals surface area (Å²) in [6.45, 7) is 6.18. The Morgan fingerprint density at radius 1 is 1.15 bits per heavy atom. The smallest absolute Gasteiger partial charge is 0.312 e. The summed E-state index contributed by atoms with van der Waals surface area (Å²) < 4.78 is 10.8. The first-order valence-electron chi connectivity index (χ1n) is 8.80. The van der Waals surface area contributed by atoms with Gasteiger partial charge in [0.2, 0.25) is 0 Å². The number of urea groups is 1. The molecule has 0 spiro atoms. The number of carbonyl (C=O) groups is 3. The lowest BCUT2D eigenvalue weighted by Gasteiger charge is -2.22. The highest BCUT2D eigenvalue weighted by Gasteiger charge is 2.25. The van der Waals surface area contributed by atoms with Crippen LogP contribution in [0.15, 0.2) is 18.2 Å². The monoisotopic (exact) mass is 380 g/mol. The van der Waals surface area contributed by atoms with Crippen molar-refractivity contribution in [3.05, 3.63) is 23.8 Å². The van der Waals surface area contributed by atoms with E-state index in [0.29, 0.717) is 24.5 Å². The van der Waals surface area contributed by atoms with E-state index in [4.69, 9.17) is 15.2 Å². The second-order valence-corrected chi connectivity index (χ2v) is 6.03. The summed E-state index contributed by atoms with van der Waals surface area (Å²) >= 11 is 0. The quantitative estimate of drug-likeness (QED) is 0.480. The molecule has 4 amide bonds. The zero-order valence-electron chi connectivity index (χ0n) is 16.1. The average Bonchev–Trinajstić information content (AvgIpc) is 2.67. The van der Waals surface area contributed by atoms with Crippen molar-refractivity contribution >= 4 is 17.8 Å². The Labute approximate surface area is 158 Å². The van der Waals surface area contributed by atoms with Crippen molar-refractivity contribution in [3.8, 4) is 11.5 Å². The number of benzene rings is 1. The van der Waals surface area contributed by atoms with Gasteiger partial charge in [0.25, 0.3) is 11.8 Å². The minimum Gasteiger partial charge on any atom is -0.493 e. The molecule has 5 N–H and O–H groups in total. The van der Waals surface area contributed by atoms with Gasteiger partial charge in [-0.1, -0.05) is 27.2 Å². The number of nitrogens with two attached hydrogens (primary N) is 1. The number of hydrogen-bond donors (Lipinski definition) is 4. The van der Waals surface area contributed by atoms with Crippen LogP contribution in [0.3, 0.4) is 0 Å². The fourth-order valence-electron chi connectivity index (χ4n) is 2.26. The summed E-state index contributed by atoms with van der Waals surface area (Å²) in [6, 6.07) is 3.03. The molecule has 9 nitrogen and oxygen atoms in total. The van der Waals surface area contributed by atoms with E-state index >= 15 is 0 Å².